The van der Waals surface area contributed by atoms with Crippen LogP contribution in [0.25, 0.3) is 0 Å². The van der Waals surface area contributed by atoms with Gasteiger partial charge in [-0.25, -0.2) is 8.42 Å². The molecule has 0 spiro atoms. The molecule has 1 aromatic carbocycles. The van der Waals surface area contributed by atoms with E-state index in [0.717, 1.165) is 5.56 Å². The van der Waals surface area contributed by atoms with Gasteiger partial charge in [0.25, 0.3) is 10.0 Å². The topological polar surface area (TPSA) is 67.6 Å². The van der Waals surface area contributed by atoms with Crippen LogP contribution in [0.4, 0.5) is 0 Å². The molecule has 7 heteroatoms. The van der Waals surface area contributed by atoms with Crippen molar-refractivity contribution >= 4 is 27.9 Å². The van der Waals surface area contributed by atoms with E-state index in [0.29, 0.717) is 11.3 Å². The lowest BCUT2D eigenvalue weighted by Gasteiger charge is -2.23. The molecule has 1 heterocycles. The van der Waals surface area contributed by atoms with Crippen molar-refractivity contribution in [1.82, 2.24) is 4.31 Å². The molecule has 0 N–H and O–H groups in total. The smallest absolute Gasteiger partial charge is 0.276 e. The molecule has 2 rings (SSSR count). The first-order valence-electron chi connectivity index (χ1n) is 6.15. The molecule has 5 nitrogen and oxygen atoms in total. The second kappa shape index (κ2) is 6.01. The third-order valence-electron chi connectivity index (χ3n) is 3.23. The van der Waals surface area contributed by atoms with Crippen LogP contribution in [0.3, 0.4) is 0 Å². The van der Waals surface area contributed by atoms with E-state index >= 15 is 0 Å². The summed E-state index contributed by atoms with van der Waals surface area (Å²) >= 11 is 5.92. The highest BCUT2D eigenvalue weighted by Gasteiger charge is 2.29. The number of rotatable bonds is 5. The average molecular weight is 328 g/mol. The Bertz CT molecular complexity index is 754. The Hall–Kier alpha value is -1.63. The number of carbonyl (C=O) groups excluding carboxylic acids is 1. The summed E-state index contributed by atoms with van der Waals surface area (Å²) in [5.41, 5.74) is 0.760. The van der Waals surface area contributed by atoms with Gasteiger partial charge in [-0.15, -0.1) is 0 Å². The maximum absolute atomic E-state index is 12.4. The van der Waals surface area contributed by atoms with Gasteiger partial charge in [-0.05, 0) is 36.8 Å². The third-order valence-corrected chi connectivity index (χ3v) is 5.27. The minimum absolute atomic E-state index is 0.0302. The van der Waals surface area contributed by atoms with E-state index in [2.05, 4.69) is 0 Å². The lowest BCUT2D eigenvalue weighted by atomic mass is 10.1. The van der Waals surface area contributed by atoms with Gasteiger partial charge in [-0.2, -0.15) is 4.31 Å². The maximum Gasteiger partial charge on any atom is 0.276 e. The number of hydrogen-bond donors (Lipinski definition) is 0. The summed E-state index contributed by atoms with van der Waals surface area (Å²) < 4.78 is 31.1. The van der Waals surface area contributed by atoms with E-state index < -0.39 is 16.1 Å². The van der Waals surface area contributed by atoms with Crippen LogP contribution in [-0.4, -0.2) is 26.1 Å². The number of carbonyl (C=O) groups is 1. The normalized spacial score (nSPS) is 13.3. The van der Waals surface area contributed by atoms with Crippen molar-refractivity contribution in [3.05, 3.63) is 52.7 Å². The van der Waals surface area contributed by atoms with Crippen molar-refractivity contribution < 1.29 is 17.6 Å². The molecule has 1 atom stereocenters. The van der Waals surface area contributed by atoms with Crippen LogP contribution in [-0.2, 0) is 10.0 Å². The lowest BCUT2D eigenvalue weighted by molar-refractivity contribution is 0.109. The van der Waals surface area contributed by atoms with Gasteiger partial charge in [0.15, 0.2) is 12.0 Å². The van der Waals surface area contributed by atoms with Gasteiger partial charge >= 0.3 is 0 Å². The molecular weight excluding hydrogens is 314 g/mol. The van der Waals surface area contributed by atoms with Gasteiger partial charge in [-0.1, -0.05) is 23.7 Å². The monoisotopic (exact) mass is 327 g/mol. The van der Waals surface area contributed by atoms with E-state index in [4.69, 9.17) is 16.0 Å². The number of hydrogen-bond acceptors (Lipinski definition) is 4. The first-order valence-corrected chi connectivity index (χ1v) is 7.96. The number of aldehydes is 1. The zero-order chi connectivity index (χ0) is 15.6. The van der Waals surface area contributed by atoms with Crippen LogP contribution >= 0.6 is 11.6 Å². The molecule has 0 radical (unpaired) electrons. The van der Waals surface area contributed by atoms with Crippen LogP contribution in [0.15, 0.2) is 45.9 Å². The Labute approximate surface area is 128 Å². The zero-order valence-electron chi connectivity index (χ0n) is 11.5. The van der Waals surface area contributed by atoms with Gasteiger partial charge in [0.1, 0.15) is 0 Å². The van der Waals surface area contributed by atoms with E-state index in [1.807, 2.05) is 0 Å². The van der Waals surface area contributed by atoms with Crippen molar-refractivity contribution in [3.8, 4) is 0 Å². The van der Waals surface area contributed by atoms with Gasteiger partial charge in [0, 0.05) is 18.1 Å². The predicted molar refractivity (Wildman–Crippen MR) is 78.9 cm³/mol. The van der Waals surface area contributed by atoms with Crippen LogP contribution in [0, 0.1) is 0 Å². The van der Waals surface area contributed by atoms with Gasteiger partial charge in [-0.3, -0.25) is 4.79 Å². The zero-order valence-corrected chi connectivity index (χ0v) is 13.1. The minimum Gasteiger partial charge on any atom is -0.440 e. The Morgan fingerprint density at radius 2 is 2.00 bits per heavy atom. The molecule has 1 aromatic heterocycles. The summed E-state index contributed by atoms with van der Waals surface area (Å²) in [6.07, 6.45) is 0.458. The largest absolute Gasteiger partial charge is 0.440 e. The molecule has 0 aliphatic heterocycles. The molecule has 2 aromatic rings. The Morgan fingerprint density at radius 1 is 1.29 bits per heavy atom. The Kier molecular flexibility index (Phi) is 4.51. The predicted octanol–water partition coefficient (Wildman–Crippen LogP) is 3.13. The maximum atomic E-state index is 12.4. The lowest BCUT2D eigenvalue weighted by Crippen LogP contribution is -2.29. The molecule has 21 heavy (non-hydrogen) atoms. The van der Waals surface area contributed by atoms with Crippen LogP contribution in [0.2, 0.25) is 5.02 Å². The van der Waals surface area contributed by atoms with Crippen LogP contribution in [0.5, 0.6) is 0 Å². The Morgan fingerprint density at radius 3 is 2.57 bits per heavy atom. The molecule has 112 valence electrons. The van der Waals surface area contributed by atoms with Gasteiger partial charge < -0.3 is 4.42 Å². The van der Waals surface area contributed by atoms with Gasteiger partial charge in [0.2, 0.25) is 5.09 Å². The molecule has 0 amide bonds. The summed E-state index contributed by atoms with van der Waals surface area (Å²) in [7, 11) is -2.38. The molecule has 0 saturated heterocycles. The first-order chi connectivity index (χ1) is 9.86. The second-order valence-electron chi connectivity index (χ2n) is 4.53. The summed E-state index contributed by atoms with van der Waals surface area (Å²) in [6.45, 7) is 1.74. The fraction of sp³-hybridized carbons (Fsp3) is 0.214. The number of sulfonamides is 1. The van der Waals surface area contributed by atoms with Crippen molar-refractivity contribution in [1.29, 1.82) is 0 Å². The Balaban J connectivity index is 2.33. The van der Waals surface area contributed by atoms with Crippen molar-refractivity contribution in [2.24, 2.45) is 0 Å². The fourth-order valence-corrected chi connectivity index (χ4v) is 3.32. The van der Waals surface area contributed by atoms with E-state index in [1.54, 1.807) is 31.2 Å². The van der Waals surface area contributed by atoms with Crippen molar-refractivity contribution in [3.63, 3.8) is 0 Å². The fourth-order valence-electron chi connectivity index (χ4n) is 1.86. The van der Waals surface area contributed by atoms with E-state index in [-0.39, 0.29) is 10.9 Å². The number of nitrogens with zero attached hydrogens (tertiary/aromatic N) is 1. The average Bonchev–Trinajstić information content (AvgIpc) is 2.95. The van der Waals surface area contributed by atoms with Crippen LogP contribution < -0.4 is 0 Å². The van der Waals surface area contributed by atoms with Crippen molar-refractivity contribution in [2.45, 2.75) is 18.1 Å². The van der Waals surface area contributed by atoms with E-state index in [9.17, 15) is 13.2 Å². The molecule has 0 aliphatic rings. The number of benzene rings is 1. The summed E-state index contributed by atoms with van der Waals surface area (Å²) in [5.74, 6) is -0.0302. The van der Waals surface area contributed by atoms with Crippen molar-refractivity contribution in [2.75, 3.05) is 7.05 Å². The number of furan rings is 1. The summed E-state index contributed by atoms with van der Waals surface area (Å²) in [6, 6.07) is 9.12. The highest BCUT2D eigenvalue weighted by Crippen LogP contribution is 2.27. The molecule has 0 saturated carbocycles. The van der Waals surface area contributed by atoms with Crippen LogP contribution in [0.1, 0.15) is 29.1 Å². The summed E-state index contributed by atoms with van der Waals surface area (Å²) in [4.78, 5) is 10.6. The third kappa shape index (κ3) is 3.18. The molecule has 0 fully saturated rings. The molecule has 0 aliphatic carbocycles. The highest BCUT2D eigenvalue weighted by molar-refractivity contribution is 7.89. The summed E-state index contributed by atoms with van der Waals surface area (Å²) in [5, 5.41) is 0.271. The molecular formula is C14H14ClNO4S. The molecule has 0 bridgehead atoms. The minimum atomic E-state index is -3.82. The SMILES string of the molecule is CC(c1cccc(Cl)c1)N(C)S(=O)(=O)c1ccc(C=O)o1. The quantitative estimate of drug-likeness (QED) is 0.791. The molecule has 1 unspecified atom stereocenters. The first kappa shape index (κ1) is 15.8. The van der Waals surface area contributed by atoms with E-state index in [1.165, 1.54) is 23.5 Å². The number of halogens is 1. The standard InChI is InChI=1S/C14H14ClNO4S/c1-10(11-4-3-5-12(15)8-11)16(2)21(18,19)14-7-6-13(9-17)20-14/h3-10H,1-2H3. The second-order valence-corrected chi connectivity index (χ2v) is 6.89. The van der Waals surface area contributed by atoms with Gasteiger partial charge in [0.05, 0.1) is 0 Å². The highest BCUT2D eigenvalue weighted by atomic mass is 35.5.